The Hall–Kier alpha value is -3.22. The Morgan fingerprint density at radius 3 is 2.62 bits per heavy atom. The molecule has 0 atom stereocenters. The molecule has 0 heterocycles. The number of aryl methyl sites for hydroxylation is 1. The van der Waals surface area contributed by atoms with Crippen molar-refractivity contribution < 1.29 is 24.2 Å². The van der Waals surface area contributed by atoms with Gasteiger partial charge in [-0.15, -0.1) is 0 Å². The van der Waals surface area contributed by atoms with Gasteiger partial charge in [0.2, 0.25) is 0 Å². The average molecular weight is 358 g/mol. The molecule has 7 heteroatoms. The maximum absolute atomic E-state index is 12.3. The van der Waals surface area contributed by atoms with Gasteiger partial charge in [-0.2, -0.15) is 0 Å². The van der Waals surface area contributed by atoms with Crippen LogP contribution in [-0.4, -0.2) is 30.8 Å². The van der Waals surface area contributed by atoms with Crippen LogP contribution in [0.1, 0.15) is 18.9 Å². The van der Waals surface area contributed by atoms with E-state index in [2.05, 4.69) is 10.6 Å². The molecule has 0 unspecified atom stereocenters. The van der Waals surface area contributed by atoms with E-state index in [1.165, 1.54) is 0 Å². The predicted octanol–water partition coefficient (Wildman–Crippen LogP) is 3.76. The van der Waals surface area contributed by atoms with Crippen LogP contribution in [0.15, 0.2) is 42.5 Å². The number of anilines is 2. The van der Waals surface area contributed by atoms with Crippen molar-refractivity contribution in [3.05, 3.63) is 48.0 Å². The lowest BCUT2D eigenvalue weighted by atomic mass is 10.1. The Morgan fingerprint density at radius 2 is 1.92 bits per heavy atom. The number of methoxy groups -OCH3 is 1. The van der Waals surface area contributed by atoms with E-state index < -0.39 is 12.0 Å². The summed E-state index contributed by atoms with van der Waals surface area (Å²) < 4.78 is 10.7. The second-order valence-electron chi connectivity index (χ2n) is 5.47. The van der Waals surface area contributed by atoms with Crippen molar-refractivity contribution in [2.45, 2.75) is 19.8 Å². The standard InChI is InChI=1S/C19H22N2O5/c1-3-26-17-9-8-15(25-2)12-16(17)21-19(24)20-14-6-4-5-13(11-14)7-10-18(22)23/h4-6,8-9,11-12H,3,7,10H2,1-2H3,(H,22,23)(H2,20,21,24). The summed E-state index contributed by atoms with van der Waals surface area (Å²) in [5, 5.41) is 14.2. The predicted molar refractivity (Wildman–Crippen MR) is 99.2 cm³/mol. The molecule has 0 saturated heterocycles. The third kappa shape index (κ3) is 5.70. The fourth-order valence-electron chi connectivity index (χ4n) is 2.36. The largest absolute Gasteiger partial charge is 0.497 e. The summed E-state index contributed by atoms with van der Waals surface area (Å²) in [6.07, 6.45) is 0.439. The molecule has 2 aromatic carbocycles. The number of urea groups is 1. The van der Waals surface area contributed by atoms with Crippen molar-refractivity contribution in [2.24, 2.45) is 0 Å². The van der Waals surface area contributed by atoms with Gasteiger partial charge in [-0.3, -0.25) is 4.79 Å². The topological polar surface area (TPSA) is 96.9 Å². The van der Waals surface area contributed by atoms with Crippen LogP contribution in [0.25, 0.3) is 0 Å². The Morgan fingerprint density at radius 1 is 1.12 bits per heavy atom. The Bertz CT molecular complexity index is 776. The van der Waals surface area contributed by atoms with Gasteiger partial charge in [-0.05, 0) is 43.2 Å². The summed E-state index contributed by atoms with van der Waals surface area (Å²) in [5.74, 6) is 0.278. The van der Waals surface area contributed by atoms with E-state index in [-0.39, 0.29) is 6.42 Å². The van der Waals surface area contributed by atoms with E-state index in [9.17, 15) is 9.59 Å². The van der Waals surface area contributed by atoms with Crippen LogP contribution in [0, 0.1) is 0 Å². The molecule has 26 heavy (non-hydrogen) atoms. The van der Waals surface area contributed by atoms with Crippen LogP contribution in [-0.2, 0) is 11.2 Å². The zero-order valence-electron chi connectivity index (χ0n) is 14.7. The van der Waals surface area contributed by atoms with E-state index in [0.717, 1.165) is 5.56 Å². The number of hydrogen-bond donors (Lipinski definition) is 3. The number of ether oxygens (including phenoxy) is 2. The van der Waals surface area contributed by atoms with Gasteiger partial charge in [0, 0.05) is 18.2 Å². The quantitative estimate of drug-likeness (QED) is 0.668. The fourth-order valence-corrected chi connectivity index (χ4v) is 2.36. The summed E-state index contributed by atoms with van der Waals surface area (Å²) in [7, 11) is 1.54. The zero-order valence-corrected chi connectivity index (χ0v) is 14.7. The molecule has 2 amide bonds. The summed E-state index contributed by atoms with van der Waals surface area (Å²) in [6, 6.07) is 11.8. The molecule has 0 fully saturated rings. The first-order chi connectivity index (χ1) is 12.5. The van der Waals surface area contributed by atoms with Gasteiger partial charge in [-0.1, -0.05) is 12.1 Å². The fraction of sp³-hybridized carbons (Fsp3) is 0.263. The third-order valence-electron chi connectivity index (χ3n) is 3.55. The summed E-state index contributed by atoms with van der Waals surface area (Å²) in [5.41, 5.74) is 1.90. The second kappa shape index (κ2) is 9.31. The Balaban J connectivity index is 2.06. The van der Waals surface area contributed by atoms with Crippen LogP contribution in [0.4, 0.5) is 16.2 Å². The van der Waals surface area contributed by atoms with Crippen molar-refractivity contribution in [3.63, 3.8) is 0 Å². The molecule has 0 aliphatic heterocycles. The number of carboxylic acids is 1. The number of carbonyl (C=O) groups is 2. The lowest BCUT2D eigenvalue weighted by Crippen LogP contribution is -2.20. The molecule has 0 spiro atoms. The van der Waals surface area contributed by atoms with Crippen LogP contribution in [0.3, 0.4) is 0 Å². The number of nitrogens with one attached hydrogen (secondary N) is 2. The third-order valence-corrected chi connectivity index (χ3v) is 3.55. The molecular weight excluding hydrogens is 336 g/mol. The number of hydrogen-bond acceptors (Lipinski definition) is 4. The highest BCUT2D eigenvalue weighted by molar-refractivity contribution is 6.00. The van der Waals surface area contributed by atoms with Crippen LogP contribution < -0.4 is 20.1 Å². The van der Waals surface area contributed by atoms with Crippen LogP contribution in [0.5, 0.6) is 11.5 Å². The number of carbonyl (C=O) groups excluding carboxylic acids is 1. The van der Waals surface area contributed by atoms with E-state index in [1.54, 1.807) is 43.5 Å². The number of carboxylic acid groups (broad SMARTS) is 1. The highest BCUT2D eigenvalue weighted by atomic mass is 16.5. The maximum atomic E-state index is 12.3. The van der Waals surface area contributed by atoms with Crippen molar-refractivity contribution >= 4 is 23.4 Å². The molecule has 2 aromatic rings. The van der Waals surface area contributed by atoms with Gasteiger partial charge in [0.05, 0.1) is 19.4 Å². The first-order valence-corrected chi connectivity index (χ1v) is 8.21. The number of amides is 2. The normalized spacial score (nSPS) is 10.1. The van der Waals surface area contributed by atoms with Gasteiger partial charge >= 0.3 is 12.0 Å². The average Bonchev–Trinajstić information content (AvgIpc) is 2.62. The summed E-state index contributed by atoms with van der Waals surface area (Å²) in [6.45, 7) is 2.32. The highest BCUT2D eigenvalue weighted by Gasteiger charge is 2.10. The van der Waals surface area contributed by atoms with Gasteiger partial charge in [0.15, 0.2) is 0 Å². The van der Waals surface area contributed by atoms with E-state index in [1.807, 2.05) is 13.0 Å². The van der Waals surface area contributed by atoms with E-state index in [0.29, 0.717) is 35.9 Å². The summed E-state index contributed by atoms with van der Waals surface area (Å²) in [4.78, 5) is 23.0. The zero-order chi connectivity index (χ0) is 18.9. The van der Waals surface area contributed by atoms with Crippen molar-refractivity contribution in [1.82, 2.24) is 0 Å². The van der Waals surface area contributed by atoms with Gasteiger partial charge in [-0.25, -0.2) is 4.79 Å². The minimum absolute atomic E-state index is 0.0389. The van der Waals surface area contributed by atoms with Gasteiger partial charge in [0.1, 0.15) is 11.5 Å². The van der Waals surface area contributed by atoms with Crippen LogP contribution >= 0.6 is 0 Å². The van der Waals surface area contributed by atoms with Crippen molar-refractivity contribution in [3.8, 4) is 11.5 Å². The number of benzene rings is 2. The Labute approximate surface area is 151 Å². The molecule has 0 aliphatic rings. The lowest BCUT2D eigenvalue weighted by Gasteiger charge is -2.14. The van der Waals surface area contributed by atoms with E-state index >= 15 is 0 Å². The molecule has 0 saturated carbocycles. The first-order valence-electron chi connectivity index (χ1n) is 8.21. The maximum Gasteiger partial charge on any atom is 0.323 e. The smallest absolute Gasteiger partial charge is 0.323 e. The van der Waals surface area contributed by atoms with Crippen molar-refractivity contribution in [2.75, 3.05) is 24.4 Å². The number of aliphatic carboxylic acids is 1. The molecule has 138 valence electrons. The first kappa shape index (κ1) is 19.1. The molecule has 7 nitrogen and oxygen atoms in total. The molecule has 2 rings (SSSR count). The number of rotatable bonds is 8. The second-order valence-corrected chi connectivity index (χ2v) is 5.47. The molecule has 0 aromatic heterocycles. The van der Waals surface area contributed by atoms with E-state index in [4.69, 9.17) is 14.6 Å². The van der Waals surface area contributed by atoms with Crippen LogP contribution in [0.2, 0.25) is 0 Å². The molecule has 0 bridgehead atoms. The SMILES string of the molecule is CCOc1ccc(OC)cc1NC(=O)Nc1cccc(CCC(=O)O)c1. The van der Waals surface area contributed by atoms with Gasteiger partial charge in [0.25, 0.3) is 0 Å². The summed E-state index contributed by atoms with van der Waals surface area (Å²) >= 11 is 0. The highest BCUT2D eigenvalue weighted by Crippen LogP contribution is 2.29. The monoisotopic (exact) mass is 358 g/mol. The lowest BCUT2D eigenvalue weighted by molar-refractivity contribution is -0.136. The minimum Gasteiger partial charge on any atom is -0.497 e. The van der Waals surface area contributed by atoms with Gasteiger partial charge < -0.3 is 25.2 Å². The van der Waals surface area contributed by atoms with Crippen molar-refractivity contribution in [1.29, 1.82) is 0 Å². The molecule has 0 radical (unpaired) electrons. The molecule has 0 aliphatic carbocycles. The minimum atomic E-state index is -0.859. The molecular formula is C19H22N2O5. The molecule has 3 N–H and O–H groups in total. The Kier molecular flexibility index (Phi) is 6.84.